The molecule has 0 amide bonds. The number of methoxy groups -OCH3 is 1. The van der Waals surface area contributed by atoms with Crippen molar-refractivity contribution >= 4 is 11.7 Å². The van der Waals surface area contributed by atoms with Gasteiger partial charge in [0.05, 0.1) is 12.8 Å². The molecule has 0 unspecified atom stereocenters. The van der Waals surface area contributed by atoms with E-state index in [4.69, 9.17) is 9.47 Å². The van der Waals surface area contributed by atoms with Crippen LogP contribution in [0.2, 0.25) is 0 Å². The molecule has 1 aliphatic rings. The van der Waals surface area contributed by atoms with Crippen molar-refractivity contribution < 1.29 is 14.3 Å². The van der Waals surface area contributed by atoms with Gasteiger partial charge < -0.3 is 14.8 Å². The van der Waals surface area contributed by atoms with Crippen LogP contribution in [-0.4, -0.2) is 25.2 Å². The molecule has 0 radical (unpaired) electrons. The number of hydrogen-bond acceptors (Lipinski definition) is 4. The Hall–Kier alpha value is -1.97. The van der Waals surface area contributed by atoms with E-state index in [-0.39, 0.29) is 12.1 Å². The number of benzene rings is 1. The fourth-order valence-electron chi connectivity index (χ4n) is 3.81. The number of nitrogens with one attached hydrogen (secondary N) is 1. The van der Waals surface area contributed by atoms with Crippen LogP contribution in [0.4, 0.5) is 5.69 Å². The number of ether oxygens (including phenoxy) is 2. The molecule has 1 saturated carbocycles. The van der Waals surface area contributed by atoms with Gasteiger partial charge in [-0.15, -0.1) is 6.58 Å². The van der Waals surface area contributed by atoms with E-state index in [0.717, 1.165) is 18.5 Å². The van der Waals surface area contributed by atoms with Crippen molar-refractivity contribution in [1.82, 2.24) is 0 Å². The smallest absolute Gasteiger partial charge is 0.329 e. The first-order valence-corrected chi connectivity index (χ1v) is 9.67. The zero-order valence-corrected chi connectivity index (χ0v) is 16.5. The van der Waals surface area contributed by atoms with Crippen LogP contribution in [0.25, 0.3) is 0 Å². The Morgan fingerprint density at radius 2 is 2.08 bits per heavy atom. The number of para-hydroxylation sites is 2. The number of carbonyl (C=O) groups is 1. The van der Waals surface area contributed by atoms with E-state index in [1.165, 1.54) is 6.42 Å². The average Bonchev–Trinajstić information content (AvgIpc) is 2.61. The molecule has 144 valence electrons. The molecule has 1 aliphatic carbocycles. The number of anilines is 1. The Labute approximate surface area is 158 Å². The topological polar surface area (TPSA) is 47.6 Å². The van der Waals surface area contributed by atoms with E-state index >= 15 is 0 Å². The molecule has 1 aromatic carbocycles. The molecular weight excluding hydrogens is 326 g/mol. The maximum absolute atomic E-state index is 12.9. The van der Waals surface area contributed by atoms with Crippen LogP contribution in [0, 0.1) is 17.8 Å². The molecule has 4 nitrogen and oxygen atoms in total. The molecule has 1 aromatic rings. The van der Waals surface area contributed by atoms with Crippen LogP contribution in [-0.2, 0) is 9.53 Å². The summed E-state index contributed by atoms with van der Waals surface area (Å²) in [5.41, 5.74) is 0.788. The van der Waals surface area contributed by atoms with Gasteiger partial charge in [0.2, 0.25) is 0 Å². The Morgan fingerprint density at radius 3 is 2.73 bits per heavy atom. The zero-order valence-electron chi connectivity index (χ0n) is 16.5. The quantitative estimate of drug-likeness (QED) is 0.521. The van der Waals surface area contributed by atoms with Gasteiger partial charge in [0, 0.05) is 0 Å². The van der Waals surface area contributed by atoms with E-state index in [1.54, 1.807) is 13.2 Å². The summed E-state index contributed by atoms with van der Waals surface area (Å²) in [6, 6.07) is 7.13. The summed E-state index contributed by atoms with van der Waals surface area (Å²) in [7, 11) is 1.62. The minimum Gasteiger partial charge on any atom is -0.495 e. The van der Waals surface area contributed by atoms with Crippen molar-refractivity contribution in [3.63, 3.8) is 0 Å². The normalized spacial score (nSPS) is 24.0. The fraction of sp³-hybridized carbons (Fsp3) is 0.591. The summed E-state index contributed by atoms with van der Waals surface area (Å²) in [5.74, 6) is 2.05. The highest BCUT2D eigenvalue weighted by Gasteiger charge is 2.34. The lowest BCUT2D eigenvalue weighted by molar-refractivity contribution is -0.156. The highest BCUT2D eigenvalue weighted by Crippen LogP contribution is 2.35. The second-order valence-corrected chi connectivity index (χ2v) is 7.72. The minimum absolute atomic E-state index is 0.00182. The second-order valence-electron chi connectivity index (χ2n) is 7.72. The molecule has 0 bridgehead atoms. The summed E-state index contributed by atoms with van der Waals surface area (Å²) in [4.78, 5) is 12.9. The van der Waals surface area contributed by atoms with Crippen molar-refractivity contribution in [3.05, 3.63) is 36.9 Å². The highest BCUT2D eigenvalue weighted by atomic mass is 16.5. The standard InChI is InChI=1S/C22H33NO3/c1-6-9-19(23-18-10-7-8-11-20(18)25-5)22(24)26-21-14-16(4)12-13-17(21)15(2)3/h6-8,10-11,15-17,19,21,23H,1,9,12-14H2,2-5H3/t16-,17+,19+,21-/m1/s1. The van der Waals surface area contributed by atoms with Crippen molar-refractivity contribution in [2.24, 2.45) is 17.8 Å². The summed E-state index contributed by atoms with van der Waals surface area (Å²) >= 11 is 0. The van der Waals surface area contributed by atoms with Crippen molar-refractivity contribution in [2.45, 2.75) is 58.6 Å². The van der Waals surface area contributed by atoms with Crippen LogP contribution >= 0.6 is 0 Å². The largest absolute Gasteiger partial charge is 0.495 e. The maximum Gasteiger partial charge on any atom is 0.329 e. The van der Waals surface area contributed by atoms with E-state index in [2.05, 4.69) is 32.7 Å². The van der Waals surface area contributed by atoms with E-state index in [1.807, 2.05) is 24.3 Å². The molecule has 1 N–H and O–H groups in total. The molecule has 0 spiro atoms. The lowest BCUT2D eigenvalue weighted by atomic mass is 9.75. The van der Waals surface area contributed by atoms with Gasteiger partial charge in [0.15, 0.2) is 0 Å². The van der Waals surface area contributed by atoms with Gasteiger partial charge in [0.25, 0.3) is 0 Å². The van der Waals surface area contributed by atoms with Crippen molar-refractivity contribution in [1.29, 1.82) is 0 Å². The van der Waals surface area contributed by atoms with Gasteiger partial charge in [-0.3, -0.25) is 0 Å². The molecule has 2 rings (SSSR count). The predicted molar refractivity (Wildman–Crippen MR) is 106 cm³/mol. The van der Waals surface area contributed by atoms with Gasteiger partial charge in [-0.05, 0) is 49.1 Å². The van der Waals surface area contributed by atoms with Crippen LogP contribution in [0.1, 0.15) is 46.5 Å². The molecule has 26 heavy (non-hydrogen) atoms. The van der Waals surface area contributed by atoms with Crippen LogP contribution < -0.4 is 10.1 Å². The molecule has 0 aliphatic heterocycles. The number of esters is 1. The summed E-state index contributed by atoms with van der Waals surface area (Å²) in [6.07, 6.45) is 5.54. The first-order chi connectivity index (χ1) is 12.5. The predicted octanol–water partition coefficient (Wildman–Crippen LogP) is 5.06. The van der Waals surface area contributed by atoms with E-state index in [0.29, 0.717) is 29.9 Å². The zero-order chi connectivity index (χ0) is 19.1. The Bertz CT molecular complexity index is 599. The lowest BCUT2D eigenvalue weighted by Crippen LogP contribution is -2.40. The molecular formula is C22H33NO3. The summed E-state index contributed by atoms with van der Waals surface area (Å²) < 4.78 is 11.4. The summed E-state index contributed by atoms with van der Waals surface area (Å²) in [6.45, 7) is 10.5. The van der Waals surface area contributed by atoms with E-state index < -0.39 is 6.04 Å². The third kappa shape index (κ3) is 5.26. The number of rotatable bonds is 8. The first-order valence-electron chi connectivity index (χ1n) is 9.67. The maximum atomic E-state index is 12.9. The van der Waals surface area contributed by atoms with Crippen LogP contribution in [0.5, 0.6) is 5.75 Å². The van der Waals surface area contributed by atoms with Gasteiger partial charge in [-0.25, -0.2) is 4.79 Å². The Balaban J connectivity index is 2.10. The van der Waals surface area contributed by atoms with Crippen molar-refractivity contribution in [3.8, 4) is 5.75 Å². The Morgan fingerprint density at radius 1 is 1.35 bits per heavy atom. The molecule has 0 heterocycles. The van der Waals surface area contributed by atoms with Gasteiger partial charge in [0.1, 0.15) is 17.9 Å². The van der Waals surface area contributed by atoms with Crippen molar-refractivity contribution in [2.75, 3.05) is 12.4 Å². The highest BCUT2D eigenvalue weighted by molar-refractivity contribution is 5.80. The van der Waals surface area contributed by atoms with Crippen LogP contribution in [0.3, 0.4) is 0 Å². The minimum atomic E-state index is -0.464. The Kier molecular flexibility index (Phi) is 7.55. The first kappa shape index (κ1) is 20.3. The van der Waals surface area contributed by atoms with E-state index in [9.17, 15) is 4.79 Å². The molecule has 1 fully saturated rings. The molecule has 0 saturated heterocycles. The third-order valence-electron chi connectivity index (χ3n) is 5.35. The SMILES string of the molecule is C=CC[C@H](Nc1ccccc1OC)C(=O)O[C@@H]1C[C@H](C)CC[C@H]1C(C)C. The number of carbonyl (C=O) groups excluding carboxylic acids is 1. The van der Waals surface area contributed by atoms with Gasteiger partial charge in [-0.1, -0.05) is 45.4 Å². The monoisotopic (exact) mass is 359 g/mol. The molecule has 4 atom stereocenters. The number of hydrogen-bond donors (Lipinski definition) is 1. The van der Waals surface area contributed by atoms with Gasteiger partial charge >= 0.3 is 5.97 Å². The molecule has 0 aromatic heterocycles. The second kappa shape index (κ2) is 9.65. The molecule has 4 heteroatoms. The van der Waals surface area contributed by atoms with Crippen LogP contribution in [0.15, 0.2) is 36.9 Å². The summed E-state index contributed by atoms with van der Waals surface area (Å²) in [5, 5.41) is 3.27. The third-order valence-corrected chi connectivity index (χ3v) is 5.35. The average molecular weight is 360 g/mol. The lowest BCUT2D eigenvalue weighted by Gasteiger charge is -2.37. The fourth-order valence-corrected chi connectivity index (χ4v) is 3.81. The van der Waals surface area contributed by atoms with Gasteiger partial charge in [-0.2, -0.15) is 0 Å².